The molecule has 2 aromatic carbocycles. The first kappa shape index (κ1) is 25.3. The number of nitrogens with one attached hydrogen (secondary N) is 1. The molecule has 2 amide bonds. The molecule has 4 aromatic rings. The van der Waals surface area contributed by atoms with Crippen LogP contribution < -0.4 is 10.2 Å². The highest BCUT2D eigenvalue weighted by Gasteiger charge is 2.38. The van der Waals surface area contributed by atoms with Crippen LogP contribution in [0.3, 0.4) is 0 Å². The summed E-state index contributed by atoms with van der Waals surface area (Å²) in [4.78, 5) is 29.5. The summed E-state index contributed by atoms with van der Waals surface area (Å²) in [5.74, 6) is 0.643. The van der Waals surface area contributed by atoms with Crippen molar-refractivity contribution in [2.24, 2.45) is 0 Å². The Morgan fingerprint density at radius 3 is 2.57 bits per heavy atom. The molecule has 0 saturated carbocycles. The summed E-state index contributed by atoms with van der Waals surface area (Å²) in [5.41, 5.74) is 5.85. The second-order valence-electron chi connectivity index (χ2n) is 9.56. The zero-order valence-electron chi connectivity index (χ0n) is 21.4. The van der Waals surface area contributed by atoms with E-state index in [4.69, 9.17) is 5.10 Å². The van der Waals surface area contributed by atoms with Crippen LogP contribution in [0.15, 0.2) is 66.0 Å². The number of carbonyl (C=O) groups is 2. The highest BCUT2D eigenvalue weighted by atomic mass is 32.2. The number of aromatic nitrogens is 2. The van der Waals surface area contributed by atoms with E-state index in [0.29, 0.717) is 5.82 Å². The summed E-state index contributed by atoms with van der Waals surface area (Å²) in [7, 11) is 0. The average molecular weight is 531 g/mol. The lowest BCUT2D eigenvalue weighted by Crippen LogP contribution is -2.44. The zero-order valence-corrected chi connectivity index (χ0v) is 23.0. The Bertz CT molecular complexity index is 1430. The van der Waals surface area contributed by atoms with Gasteiger partial charge in [0.15, 0.2) is 0 Å². The number of nitrogens with zero attached hydrogens (tertiary/aromatic N) is 3. The van der Waals surface area contributed by atoms with E-state index in [0.717, 1.165) is 38.5 Å². The first-order valence-corrected chi connectivity index (χ1v) is 14.3. The molecule has 0 bridgehead atoms. The smallest absolute Gasteiger partial charge is 0.240 e. The molecule has 1 N–H and O–H groups in total. The number of hydrogen-bond acceptors (Lipinski definition) is 5. The molecule has 190 valence electrons. The van der Waals surface area contributed by atoms with Crippen LogP contribution in [0.5, 0.6) is 0 Å². The van der Waals surface area contributed by atoms with E-state index < -0.39 is 0 Å². The molecular formula is C29H30N4O2S2. The van der Waals surface area contributed by atoms with E-state index in [1.807, 2.05) is 61.0 Å². The Kier molecular flexibility index (Phi) is 7.22. The van der Waals surface area contributed by atoms with Crippen LogP contribution in [0.2, 0.25) is 0 Å². The summed E-state index contributed by atoms with van der Waals surface area (Å²) in [6, 6.07) is 20.4. The molecule has 0 aliphatic carbocycles. The number of aryl methyl sites for hydroxylation is 2. The van der Waals surface area contributed by atoms with Gasteiger partial charge in [0.2, 0.25) is 11.8 Å². The van der Waals surface area contributed by atoms with E-state index in [-0.39, 0.29) is 35.4 Å². The number of hydrogen-bond donors (Lipinski definition) is 1. The molecule has 0 spiro atoms. The third-order valence-electron chi connectivity index (χ3n) is 6.27. The zero-order chi connectivity index (χ0) is 26.1. The van der Waals surface area contributed by atoms with Crippen LogP contribution in [0.4, 0.5) is 5.82 Å². The van der Waals surface area contributed by atoms with Crippen LogP contribution in [-0.2, 0) is 9.59 Å². The lowest BCUT2D eigenvalue weighted by atomic mass is 10.0. The van der Waals surface area contributed by atoms with Gasteiger partial charge in [0.25, 0.3) is 0 Å². The lowest BCUT2D eigenvalue weighted by Gasteiger charge is -2.24. The Hall–Kier alpha value is -3.36. The minimum Gasteiger partial charge on any atom is -0.352 e. The van der Waals surface area contributed by atoms with Crippen molar-refractivity contribution in [3.05, 3.63) is 87.6 Å². The molecule has 2 aromatic heterocycles. The molecule has 1 atom stereocenters. The summed E-state index contributed by atoms with van der Waals surface area (Å²) < 4.78 is 1.87. The minimum atomic E-state index is -0.191. The summed E-state index contributed by atoms with van der Waals surface area (Å²) >= 11 is 3.27. The normalized spacial score (nSPS) is 15.5. The maximum Gasteiger partial charge on any atom is 0.240 e. The number of thioether (sulfide) groups is 1. The molecule has 37 heavy (non-hydrogen) atoms. The minimum absolute atomic E-state index is 0.0218. The Morgan fingerprint density at radius 2 is 1.89 bits per heavy atom. The summed E-state index contributed by atoms with van der Waals surface area (Å²) in [5, 5.41) is 10.1. The molecule has 0 unspecified atom stereocenters. The van der Waals surface area contributed by atoms with Crippen LogP contribution in [0.1, 0.15) is 40.7 Å². The van der Waals surface area contributed by atoms with Gasteiger partial charge in [-0.25, -0.2) is 4.68 Å². The second kappa shape index (κ2) is 10.6. The van der Waals surface area contributed by atoms with Crippen LogP contribution >= 0.6 is 23.1 Å². The quantitative estimate of drug-likeness (QED) is 0.337. The third-order valence-corrected chi connectivity index (χ3v) is 8.59. The van der Waals surface area contributed by atoms with Crippen molar-refractivity contribution in [3.63, 3.8) is 0 Å². The Labute approximate surface area is 225 Å². The fourth-order valence-electron chi connectivity index (χ4n) is 4.72. The fraction of sp³-hybridized carbons (Fsp3) is 0.276. The van der Waals surface area contributed by atoms with Crippen LogP contribution in [0, 0.1) is 13.8 Å². The first-order valence-electron chi connectivity index (χ1n) is 12.3. The predicted octanol–water partition coefficient (Wildman–Crippen LogP) is 5.91. The topological polar surface area (TPSA) is 67.2 Å². The number of benzene rings is 2. The van der Waals surface area contributed by atoms with Gasteiger partial charge >= 0.3 is 0 Å². The van der Waals surface area contributed by atoms with Gasteiger partial charge in [0, 0.05) is 22.0 Å². The molecule has 0 radical (unpaired) electrons. The van der Waals surface area contributed by atoms with Crippen LogP contribution in [-0.4, -0.2) is 39.9 Å². The second-order valence-corrected chi connectivity index (χ2v) is 11.6. The predicted molar refractivity (Wildman–Crippen MR) is 153 cm³/mol. The number of thiophene rings is 1. The van der Waals surface area contributed by atoms with Gasteiger partial charge in [-0.1, -0.05) is 54.1 Å². The SMILES string of the molecule is Cc1ccc(-n2nc(-c3ccccc3)c3c2N(CC(=O)NC(C)C)C(=O)CS[C@H]3c2cccs2)c(C)c1. The van der Waals surface area contributed by atoms with Crippen molar-refractivity contribution in [2.45, 2.75) is 39.0 Å². The van der Waals surface area contributed by atoms with E-state index in [9.17, 15) is 9.59 Å². The van der Waals surface area contributed by atoms with E-state index in [1.165, 1.54) is 0 Å². The maximum absolute atomic E-state index is 13.7. The molecule has 1 aliphatic heterocycles. The molecule has 8 heteroatoms. The monoisotopic (exact) mass is 530 g/mol. The molecule has 0 fully saturated rings. The maximum atomic E-state index is 13.7. The number of rotatable bonds is 6. The number of fused-ring (bicyclic) bond motifs is 1. The van der Waals surface area contributed by atoms with Crippen molar-refractivity contribution in [2.75, 3.05) is 17.2 Å². The molecule has 0 saturated heterocycles. The van der Waals surface area contributed by atoms with Crippen molar-refractivity contribution in [3.8, 4) is 16.9 Å². The van der Waals surface area contributed by atoms with Gasteiger partial charge in [-0.15, -0.1) is 23.1 Å². The van der Waals surface area contributed by atoms with E-state index >= 15 is 0 Å². The number of amides is 2. The van der Waals surface area contributed by atoms with Crippen molar-refractivity contribution in [1.29, 1.82) is 0 Å². The summed E-state index contributed by atoms with van der Waals surface area (Å²) in [6.45, 7) is 7.89. The molecular weight excluding hydrogens is 500 g/mol. The molecule has 6 nitrogen and oxygen atoms in total. The Balaban J connectivity index is 1.81. The highest BCUT2D eigenvalue weighted by Crippen LogP contribution is 2.49. The van der Waals surface area contributed by atoms with Crippen LogP contribution in [0.25, 0.3) is 16.9 Å². The van der Waals surface area contributed by atoms with Crippen molar-refractivity contribution < 1.29 is 9.59 Å². The Morgan fingerprint density at radius 1 is 1.11 bits per heavy atom. The molecule has 5 rings (SSSR count). The van der Waals surface area contributed by atoms with Crippen molar-refractivity contribution in [1.82, 2.24) is 15.1 Å². The highest BCUT2D eigenvalue weighted by molar-refractivity contribution is 8.00. The standard InChI is InChI=1S/C29H30N4O2S2/c1-18(2)30-24(34)16-32-25(35)17-37-28(23-11-8-14-36-23)26-27(21-9-6-5-7-10-21)31-33(29(26)32)22-13-12-19(3)15-20(22)4/h5-15,18,28H,16-17H2,1-4H3,(H,30,34)/t28-/m0/s1. The summed E-state index contributed by atoms with van der Waals surface area (Å²) in [6.07, 6.45) is 0. The third kappa shape index (κ3) is 5.08. The van der Waals surface area contributed by atoms with E-state index in [1.54, 1.807) is 28.0 Å². The largest absolute Gasteiger partial charge is 0.352 e. The lowest BCUT2D eigenvalue weighted by molar-refractivity contribution is -0.123. The fourth-order valence-corrected chi connectivity index (χ4v) is 6.89. The van der Waals surface area contributed by atoms with Crippen molar-refractivity contribution >= 4 is 40.7 Å². The van der Waals surface area contributed by atoms with Gasteiger partial charge in [0.05, 0.1) is 22.4 Å². The van der Waals surface area contributed by atoms with E-state index in [2.05, 4.69) is 42.7 Å². The van der Waals surface area contributed by atoms with Gasteiger partial charge in [0.1, 0.15) is 12.4 Å². The van der Waals surface area contributed by atoms with Gasteiger partial charge < -0.3 is 5.32 Å². The van der Waals surface area contributed by atoms with Gasteiger partial charge in [-0.05, 0) is 50.8 Å². The average Bonchev–Trinajstić information content (AvgIpc) is 3.49. The molecule has 1 aliphatic rings. The van der Waals surface area contributed by atoms with Gasteiger partial charge in [-0.2, -0.15) is 5.10 Å². The first-order chi connectivity index (χ1) is 17.8. The van der Waals surface area contributed by atoms with Gasteiger partial charge in [-0.3, -0.25) is 14.5 Å². The number of carbonyl (C=O) groups excluding carboxylic acids is 2. The molecule has 3 heterocycles. The number of anilines is 1.